The number of benzene rings is 2. The van der Waals surface area contributed by atoms with E-state index in [1.807, 2.05) is 25.1 Å². The minimum absolute atomic E-state index is 0.270. The number of nitrogens with two attached hydrogens (primary N) is 1. The Morgan fingerprint density at radius 3 is 2.56 bits per heavy atom. The Bertz CT molecular complexity index is 629. The van der Waals surface area contributed by atoms with Crippen LogP contribution in [0.15, 0.2) is 36.4 Å². The number of hydrogen-bond donors (Lipinski definition) is 2. The Morgan fingerprint density at radius 2 is 1.89 bits per heavy atom. The van der Waals surface area contributed by atoms with E-state index in [1.54, 1.807) is 12.1 Å². The molecule has 3 N–H and O–H groups in total. The highest BCUT2D eigenvalue weighted by Crippen LogP contribution is 2.25. The molecule has 0 fully saturated rings. The number of hydrogen-bond acceptors (Lipinski definition) is 3. The molecule has 0 aliphatic carbocycles. The number of rotatable bonds is 2. The second-order valence-corrected chi connectivity index (χ2v) is 4.00. The fourth-order valence-electron chi connectivity index (χ4n) is 1.69. The number of nitrogens with one attached hydrogen (secondary N) is 1. The van der Waals surface area contributed by atoms with Gasteiger partial charge in [0.2, 0.25) is 0 Å². The second-order valence-electron chi connectivity index (χ2n) is 4.00. The quantitative estimate of drug-likeness (QED) is 0.793. The van der Waals surface area contributed by atoms with Crippen molar-refractivity contribution >= 4 is 17.1 Å². The summed E-state index contributed by atoms with van der Waals surface area (Å²) in [5.41, 5.74) is 8.99. The van der Waals surface area contributed by atoms with Gasteiger partial charge in [0.15, 0.2) is 0 Å². The summed E-state index contributed by atoms with van der Waals surface area (Å²) < 4.78 is 13.0. The Labute approximate surface area is 105 Å². The predicted molar refractivity (Wildman–Crippen MR) is 70.0 cm³/mol. The average Bonchev–Trinajstić information content (AvgIpc) is 2.34. The fraction of sp³-hybridized carbons (Fsp3) is 0.0714. The number of anilines is 3. The normalized spacial score (nSPS) is 9.83. The highest BCUT2D eigenvalue weighted by molar-refractivity contribution is 5.70. The van der Waals surface area contributed by atoms with Crippen LogP contribution in [0.1, 0.15) is 11.1 Å². The minimum Gasteiger partial charge on any atom is -0.399 e. The van der Waals surface area contributed by atoms with Crippen molar-refractivity contribution < 1.29 is 4.39 Å². The Hall–Kier alpha value is -2.54. The maximum atomic E-state index is 13.0. The van der Waals surface area contributed by atoms with E-state index in [-0.39, 0.29) is 5.56 Å². The summed E-state index contributed by atoms with van der Waals surface area (Å²) in [4.78, 5) is 0. The van der Waals surface area contributed by atoms with E-state index in [1.165, 1.54) is 12.1 Å². The summed E-state index contributed by atoms with van der Waals surface area (Å²) in [6.07, 6.45) is 0. The standard InChI is InChI=1S/C14H12FN3/c1-9-6-12(17)3-5-13(9)18-14-4-2-11(15)7-10(14)8-16/h2-7,18H,17H2,1H3. The first-order valence-electron chi connectivity index (χ1n) is 5.43. The largest absolute Gasteiger partial charge is 0.399 e. The number of nitriles is 1. The molecule has 0 aromatic heterocycles. The third-order valence-corrected chi connectivity index (χ3v) is 2.62. The first kappa shape index (κ1) is 11.9. The van der Waals surface area contributed by atoms with E-state index < -0.39 is 5.82 Å². The van der Waals surface area contributed by atoms with Gasteiger partial charge in [0.1, 0.15) is 11.9 Å². The van der Waals surface area contributed by atoms with Crippen LogP contribution in [-0.2, 0) is 0 Å². The molecule has 0 bridgehead atoms. The Morgan fingerprint density at radius 1 is 1.17 bits per heavy atom. The summed E-state index contributed by atoms with van der Waals surface area (Å²) in [7, 11) is 0. The SMILES string of the molecule is Cc1cc(N)ccc1Nc1ccc(F)cc1C#N. The molecule has 0 amide bonds. The van der Waals surface area contributed by atoms with Crippen LogP contribution in [0.2, 0.25) is 0 Å². The third kappa shape index (κ3) is 2.41. The second kappa shape index (κ2) is 4.76. The molecule has 0 spiro atoms. The number of nitrogens with zero attached hydrogens (tertiary/aromatic N) is 1. The summed E-state index contributed by atoms with van der Waals surface area (Å²) in [6.45, 7) is 1.91. The van der Waals surface area contributed by atoms with Crippen LogP contribution in [-0.4, -0.2) is 0 Å². The van der Waals surface area contributed by atoms with E-state index >= 15 is 0 Å². The van der Waals surface area contributed by atoms with Gasteiger partial charge < -0.3 is 11.1 Å². The van der Waals surface area contributed by atoms with Gasteiger partial charge in [-0.2, -0.15) is 5.26 Å². The van der Waals surface area contributed by atoms with Crippen molar-refractivity contribution in [3.8, 4) is 6.07 Å². The minimum atomic E-state index is -0.425. The van der Waals surface area contributed by atoms with Crippen LogP contribution in [0.3, 0.4) is 0 Å². The highest BCUT2D eigenvalue weighted by Gasteiger charge is 2.05. The van der Waals surface area contributed by atoms with Crippen LogP contribution < -0.4 is 11.1 Å². The molecule has 18 heavy (non-hydrogen) atoms. The highest BCUT2D eigenvalue weighted by atomic mass is 19.1. The maximum Gasteiger partial charge on any atom is 0.124 e. The zero-order chi connectivity index (χ0) is 13.1. The zero-order valence-corrected chi connectivity index (χ0v) is 9.87. The first-order chi connectivity index (χ1) is 8.60. The molecule has 0 aliphatic heterocycles. The van der Waals surface area contributed by atoms with E-state index in [4.69, 9.17) is 11.0 Å². The summed E-state index contributed by atoms with van der Waals surface area (Å²) in [5, 5.41) is 12.1. The molecule has 2 aromatic rings. The molecular weight excluding hydrogens is 229 g/mol. The van der Waals surface area contributed by atoms with Crippen molar-refractivity contribution in [3.05, 3.63) is 53.3 Å². The van der Waals surface area contributed by atoms with Gasteiger partial charge >= 0.3 is 0 Å². The van der Waals surface area contributed by atoms with Crippen LogP contribution in [0.25, 0.3) is 0 Å². The molecule has 0 atom stereocenters. The van der Waals surface area contributed by atoms with Crippen molar-refractivity contribution in [1.29, 1.82) is 5.26 Å². The van der Waals surface area contributed by atoms with Crippen LogP contribution in [0.5, 0.6) is 0 Å². The molecule has 0 saturated heterocycles. The lowest BCUT2D eigenvalue weighted by Crippen LogP contribution is -1.97. The topological polar surface area (TPSA) is 61.8 Å². The summed E-state index contributed by atoms with van der Waals surface area (Å²) in [6, 6.07) is 11.5. The van der Waals surface area contributed by atoms with E-state index in [9.17, 15) is 4.39 Å². The maximum absolute atomic E-state index is 13.0. The summed E-state index contributed by atoms with van der Waals surface area (Å²) >= 11 is 0. The summed E-state index contributed by atoms with van der Waals surface area (Å²) in [5.74, 6) is -0.425. The van der Waals surface area contributed by atoms with Gasteiger partial charge in [-0.05, 0) is 48.9 Å². The third-order valence-electron chi connectivity index (χ3n) is 2.62. The molecule has 4 heteroatoms. The fourth-order valence-corrected chi connectivity index (χ4v) is 1.69. The van der Waals surface area contributed by atoms with Crippen LogP contribution >= 0.6 is 0 Å². The number of aryl methyl sites for hydroxylation is 1. The Kier molecular flexibility index (Phi) is 3.16. The molecule has 2 aromatic carbocycles. The van der Waals surface area contributed by atoms with Gasteiger partial charge in [-0.25, -0.2) is 4.39 Å². The smallest absolute Gasteiger partial charge is 0.124 e. The van der Waals surface area contributed by atoms with Gasteiger partial charge in [0.25, 0.3) is 0 Å². The van der Waals surface area contributed by atoms with Crippen molar-refractivity contribution in [3.63, 3.8) is 0 Å². The van der Waals surface area contributed by atoms with Gasteiger partial charge in [0.05, 0.1) is 11.3 Å². The van der Waals surface area contributed by atoms with Gasteiger partial charge in [-0.3, -0.25) is 0 Å². The molecule has 0 aliphatic rings. The number of nitrogen functional groups attached to an aromatic ring is 1. The van der Waals surface area contributed by atoms with Crippen LogP contribution in [0.4, 0.5) is 21.5 Å². The molecule has 90 valence electrons. The average molecular weight is 241 g/mol. The molecule has 3 nitrogen and oxygen atoms in total. The van der Waals surface area contributed by atoms with Crippen molar-refractivity contribution in [2.75, 3.05) is 11.1 Å². The zero-order valence-electron chi connectivity index (χ0n) is 9.87. The predicted octanol–water partition coefficient (Wildman–Crippen LogP) is 3.33. The molecule has 0 radical (unpaired) electrons. The van der Waals surface area contributed by atoms with Gasteiger partial charge in [-0.15, -0.1) is 0 Å². The molecule has 0 heterocycles. The molecule has 2 rings (SSSR count). The molecular formula is C14H12FN3. The Balaban J connectivity index is 2.37. The van der Waals surface area contributed by atoms with Crippen molar-refractivity contribution in [2.45, 2.75) is 6.92 Å². The van der Waals surface area contributed by atoms with E-state index in [0.717, 1.165) is 11.3 Å². The lowest BCUT2D eigenvalue weighted by atomic mass is 10.1. The van der Waals surface area contributed by atoms with Gasteiger partial charge in [0, 0.05) is 11.4 Å². The van der Waals surface area contributed by atoms with E-state index in [2.05, 4.69) is 5.32 Å². The lowest BCUT2D eigenvalue weighted by molar-refractivity contribution is 0.627. The van der Waals surface area contributed by atoms with Crippen LogP contribution in [0, 0.1) is 24.1 Å². The van der Waals surface area contributed by atoms with Gasteiger partial charge in [-0.1, -0.05) is 0 Å². The van der Waals surface area contributed by atoms with Crippen molar-refractivity contribution in [1.82, 2.24) is 0 Å². The monoisotopic (exact) mass is 241 g/mol. The number of halogens is 1. The molecule has 0 saturated carbocycles. The van der Waals surface area contributed by atoms with Crippen molar-refractivity contribution in [2.24, 2.45) is 0 Å². The molecule has 0 unspecified atom stereocenters. The lowest BCUT2D eigenvalue weighted by Gasteiger charge is -2.11. The van der Waals surface area contributed by atoms with E-state index in [0.29, 0.717) is 11.4 Å². The first-order valence-corrected chi connectivity index (χ1v) is 5.43.